The number of amides is 1. The summed E-state index contributed by atoms with van der Waals surface area (Å²) in [7, 11) is 0. The maximum atomic E-state index is 10.7. The molecule has 16 heavy (non-hydrogen) atoms. The molecule has 0 unspecified atom stereocenters. The summed E-state index contributed by atoms with van der Waals surface area (Å²) in [6.07, 6.45) is 13.8. The number of rotatable bonds is 2. The van der Waals surface area contributed by atoms with Crippen molar-refractivity contribution < 1.29 is 14.3 Å². The topological polar surface area (TPSA) is 47.6 Å². The average molecular weight is 223 g/mol. The Morgan fingerprint density at radius 2 is 2.12 bits per heavy atom. The lowest BCUT2D eigenvalue weighted by Gasteiger charge is -2.02. The van der Waals surface area contributed by atoms with E-state index in [1.165, 1.54) is 6.92 Å². The van der Waals surface area contributed by atoms with Crippen LogP contribution in [0.15, 0.2) is 23.8 Å². The fourth-order valence-electron chi connectivity index (χ4n) is 1.01. The van der Waals surface area contributed by atoms with Crippen LogP contribution in [-0.2, 0) is 14.3 Å². The monoisotopic (exact) mass is 223 g/mol. The molecule has 0 saturated heterocycles. The number of carbonyl (C=O) groups is 1. The van der Waals surface area contributed by atoms with Crippen LogP contribution in [0.4, 0.5) is 0 Å². The first kappa shape index (κ1) is 14.4. The molecule has 1 heterocycles. The summed E-state index contributed by atoms with van der Waals surface area (Å²) in [5.74, 6) is -0.0312. The number of ether oxygens (including phenoxy) is 2. The van der Waals surface area contributed by atoms with Gasteiger partial charge in [0.15, 0.2) is 0 Å². The smallest absolute Gasteiger partial charge is 0.217 e. The summed E-state index contributed by atoms with van der Waals surface area (Å²) < 4.78 is 10.2. The van der Waals surface area contributed by atoms with Gasteiger partial charge in [-0.25, -0.2) is 0 Å². The van der Waals surface area contributed by atoms with Gasteiger partial charge in [0.2, 0.25) is 5.91 Å². The first-order valence-corrected chi connectivity index (χ1v) is 4.88. The second kappa shape index (κ2) is 9.97. The summed E-state index contributed by atoms with van der Waals surface area (Å²) in [4.78, 5) is 10.7. The third kappa shape index (κ3) is 7.80. The molecule has 88 valence electrons. The predicted molar refractivity (Wildman–Crippen MR) is 62.6 cm³/mol. The Labute approximate surface area is 96.3 Å². The Kier molecular flexibility index (Phi) is 8.99. The predicted octanol–water partition coefficient (Wildman–Crippen LogP) is 0.859. The quantitative estimate of drug-likeness (QED) is 0.706. The van der Waals surface area contributed by atoms with Gasteiger partial charge in [0.05, 0.1) is 13.2 Å². The molecular weight excluding hydrogens is 206 g/mol. The molecule has 0 spiro atoms. The lowest BCUT2D eigenvalue weighted by molar-refractivity contribution is -0.118. The molecule has 0 aliphatic carbocycles. The van der Waals surface area contributed by atoms with Crippen LogP contribution >= 0.6 is 0 Å². The van der Waals surface area contributed by atoms with E-state index in [2.05, 4.69) is 18.2 Å². The minimum Gasteiger partial charge on any atom is -0.352 e. The molecule has 0 bridgehead atoms. The van der Waals surface area contributed by atoms with Gasteiger partial charge in [-0.05, 0) is 5.57 Å². The molecule has 0 radical (unpaired) electrons. The van der Waals surface area contributed by atoms with Crippen molar-refractivity contribution in [3.8, 4) is 12.8 Å². The highest BCUT2D eigenvalue weighted by molar-refractivity contribution is 5.73. The molecule has 0 atom stereocenters. The van der Waals surface area contributed by atoms with Crippen LogP contribution in [0.3, 0.4) is 0 Å². The zero-order valence-electron chi connectivity index (χ0n) is 9.44. The minimum absolute atomic E-state index is 0.0312. The van der Waals surface area contributed by atoms with E-state index in [0.29, 0.717) is 26.6 Å². The van der Waals surface area contributed by atoms with Crippen LogP contribution in [0, 0.1) is 12.8 Å². The molecule has 4 nitrogen and oxygen atoms in total. The third-order valence-electron chi connectivity index (χ3n) is 1.72. The van der Waals surface area contributed by atoms with Crippen LogP contribution in [0.2, 0.25) is 0 Å². The molecule has 0 aromatic rings. The molecule has 0 aromatic carbocycles. The lowest BCUT2D eigenvalue weighted by Crippen LogP contribution is -2.22. The van der Waals surface area contributed by atoms with Gasteiger partial charge < -0.3 is 14.8 Å². The van der Waals surface area contributed by atoms with Gasteiger partial charge >= 0.3 is 0 Å². The van der Waals surface area contributed by atoms with Crippen LogP contribution in [0.5, 0.6) is 0 Å². The molecule has 4 heteroatoms. The summed E-state index contributed by atoms with van der Waals surface area (Å²) in [6, 6.07) is 0. The highest BCUT2D eigenvalue weighted by Gasteiger charge is 1.96. The molecule has 1 aliphatic rings. The zero-order valence-corrected chi connectivity index (χ0v) is 9.44. The van der Waals surface area contributed by atoms with Gasteiger partial charge in [-0.1, -0.05) is 18.2 Å². The van der Waals surface area contributed by atoms with Crippen LogP contribution in [0.1, 0.15) is 6.92 Å². The summed E-state index contributed by atoms with van der Waals surface area (Å²) in [6.45, 7) is 3.40. The van der Waals surface area contributed by atoms with E-state index in [1.54, 1.807) is 0 Å². The van der Waals surface area contributed by atoms with Crippen molar-refractivity contribution >= 4 is 5.91 Å². The normalized spacial score (nSPS) is 20.8. The highest BCUT2D eigenvalue weighted by atomic mass is 16.7. The second-order valence-electron chi connectivity index (χ2n) is 2.95. The second-order valence-corrected chi connectivity index (χ2v) is 2.95. The van der Waals surface area contributed by atoms with E-state index >= 15 is 0 Å². The first-order chi connectivity index (χ1) is 7.79. The Morgan fingerprint density at radius 1 is 1.44 bits per heavy atom. The Bertz CT molecular complexity index is 279. The summed E-state index contributed by atoms with van der Waals surface area (Å²) >= 11 is 0. The van der Waals surface area contributed by atoms with Crippen LogP contribution < -0.4 is 5.32 Å². The van der Waals surface area contributed by atoms with Crippen LogP contribution in [0.25, 0.3) is 0 Å². The van der Waals surface area contributed by atoms with E-state index in [4.69, 9.17) is 9.47 Å². The number of hydrogen-bond donors (Lipinski definition) is 1. The maximum Gasteiger partial charge on any atom is 0.217 e. The number of nitrogens with one attached hydrogen (secondary N) is 1. The lowest BCUT2D eigenvalue weighted by atomic mass is 10.2. The van der Waals surface area contributed by atoms with Gasteiger partial charge in [-0.2, -0.15) is 0 Å². The maximum absolute atomic E-state index is 10.7. The first-order valence-electron chi connectivity index (χ1n) is 4.88. The largest absolute Gasteiger partial charge is 0.352 e. The van der Waals surface area contributed by atoms with Crippen molar-refractivity contribution in [2.45, 2.75) is 6.92 Å². The highest BCUT2D eigenvalue weighted by Crippen LogP contribution is 1.98. The standard InChI is InChI=1S/C10H15NO3.C2H2/c1-9(12)11-7-10-3-2-5-13-8-14-6-4-10;1-2/h2-4H,5-8H2,1H3,(H,11,12);1-2H/b3-2-,10-4+;. The van der Waals surface area contributed by atoms with E-state index in [0.717, 1.165) is 5.57 Å². The van der Waals surface area contributed by atoms with Crippen molar-refractivity contribution in [1.29, 1.82) is 0 Å². The summed E-state index contributed by atoms with van der Waals surface area (Å²) in [5, 5.41) is 2.73. The van der Waals surface area contributed by atoms with Crippen molar-refractivity contribution in [3.05, 3.63) is 23.8 Å². The van der Waals surface area contributed by atoms with E-state index in [1.807, 2.05) is 18.2 Å². The van der Waals surface area contributed by atoms with Crippen molar-refractivity contribution in [2.24, 2.45) is 0 Å². The fourth-order valence-corrected chi connectivity index (χ4v) is 1.01. The molecule has 0 fully saturated rings. The average Bonchev–Trinajstić information content (AvgIpc) is 2.42. The SMILES string of the molecule is C#C.CC(=O)NCC1=C/COCOC/C=C\1. The molecule has 0 saturated carbocycles. The van der Waals surface area contributed by atoms with E-state index in [9.17, 15) is 4.79 Å². The van der Waals surface area contributed by atoms with E-state index in [-0.39, 0.29) is 5.91 Å². The zero-order chi connectivity index (χ0) is 12.2. The molecule has 0 aromatic heterocycles. The van der Waals surface area contributed by atoms with Crippen molar-refractivity contribution in [1.82, 2.24) is 5.32 Å². The molecule has 1 aliphatic heterocycles. The van der Waals surface area contributed by atoms with Gasteiger partial charge in [0.1, 0.15) is 6.79 Å². The fraction of sp³-hybridized carbons (Fsp3) is 0.417. The molecular formula is C12H17NO3. The van der Waals surface area contributed by atoms with Crippen molar-refractivity contribution in [3.63, 3.8) is 0 Å². The third-order valence-corrected chi connectivity index (χ3v) is 1.72. The number of terminal acetylenes is 1. The van der Waals surface area contributed by atoms with Gasteiger partial charge in [-0.3, -0.25) is 4.79 Å². The minimum atomic E-state index is -0.0312. The summed E-state index contributed by atoms with van der Waals surface area (Å²) in [5.41, 5.74) is 1.03. The Hall–Kier alpha value is -1.57. The molecule has 1 N–H and O–H groups in total. The van der Waals surface area contributed by atoms with Gasteiger partial charge in [0.25, 0.3) is 0 Å². The van der Waals surface area contributed by atoms with Gasteiger partial charge in [0, 0.05) is 13.5 Å². The number of carbonyl (C=O) groups excluding carboxylic acids is 1. The van der Waals surface area contributed by atoms with Crippen LogP contribution in [-0.4, -0.2) is 32.5 Å². The Balaban J connectivity index is 0.00000106. The van der Waals surface area contributed by atoms with Crippen molar-refractivity contribution in [2.75, 3.05) is 26.6 Å². The van der Waals surface area contributed by atoms with Gasteiger partial charge in [-0.15, -0.1) is 12.8 Å². The molecule has 1 rings (SSSR count). The number of hydrogen-bond acceptors (Lipinski definition) is 3. The Morgan fingerprint density at radius 3 is 2.81 bits per heavy atom. The molecule has 1 amide bonds. The van der Waals surface area contributed by atoms with E-state index < -0.39 is 0 Å².